The highest BCUT2D eigenvalue weighted by Crippen LogP contribution is 2.24. The zero-order valence-electron chi connectivity index (χ0n) is 6.24. The van der Waals surface area contributed by atoms with Gasteiger partial charge in [0.25, 0.3) is 0 Å². The summed E-state index contributed by atoms with van der Waals surface area (Å²) in [7, 11) is 1.24. The van der Waals surface area contributed by atoms with Crippen LogP contribution in [0.25, 0.3) is 0 Å². The number of aromatic nitrogens is 1. The number of carbonyl (C=O) groups excluding carboxylic acids is 1. The second-order valence-corrected chi connectivity index (χ2v) is 2.86. The van der Waals surface area contributed by atoms with E-state index in [9.17, 15) is 9.90 Å². The Morgan fingerprint density at radius 3 is 2.83 bits per heavy atom. The summed E-state index contributed by atoms with van der Waals surface area (Å²) >= 11 is 3.07. The summed E-state index contributed by atoms with van der Waals surface area (Å²) in [5.74, 6) is -0.794. The molecule has 1 aromatic rings. The van der Waals surface area contributed by atoms with Crippen LogP contribution in [0.4, 0.5) is 0 Å². The third-order valence-corrected chi connectivity index (χ3v) is 1.87. The fourth-order valence-electron chi connectivity index (χ4n) is 0.729. The van der Waals surface area contributed by atoms with Gasteiger partial charge in [0.1, 0.15) is 11.3 Å². The molecule has 0 aliphatic rings. The molecular weight excluding hydrogens is 226 g/mol. The molecule has 0 bridgehead atoms. The molecule has 0 aromatic carbocycles. The van der Waals surface area contributed by atoms with Gasteiger partial charge < -0.3 is 9.84 Å². The average molecular weight is 232 g/mol. The van der Waals surface area contributed by atoms with Gasteiger partial charge >= 0.3 is 5.97 Å². The molecule has 1 aromatic heterocycles. The number of pyridine rings is 1. The fourth-order valence-corrected chi connectivity index (χ4v) is 1.21. The van der Waals surface area contributed by atoms with Gasteiger partial charge in [0.05, 0.1) is 17.8 Å². The van der Waals surface area contributed by atoms with Crippen LogP contribution in [0, 0.1) is 0 Å². The Labute approximate surface area is 77.3 Å². The van der Waals surface area contributed by atoms with Crippen LogP contribution >= 0.6 is 15.9 Å². The van der Waals surface area contributed by atoms with Crippen molar-refractivity contribution in [2.45, 2.75) is 0 Å². The van der Waals surface area contributed by atoms with Crippen molar-refractivity contribution < 1.29 is 14.6 Å². The predicted molar refractivity (Wildman–Crippen MR) is 44.9 cm³/mol. The van der Waals surface area contributed by atoms with E-state index in [2.05, 4.69) is 25.7 Å². The van der Waals surface area contributed by atoms with Gasteiger partial charge in [-0.15, -0.1) is 0 Å². The Hall–Kier alpha value is -1.10. The Kier molecular flexibility index (Phi) is 2.65. The van der Waals surface area contributed by atoms with E-state index in [1.807, 2.05) is 0 Å². The molecule has 4 nitrogen and oxygen atoms in total. The first kappa shape index (κ1) is 8.99. The number of nitrogens with zero attached hydrogens (tertiary/aromatic N) is 1. The lowest BCUT2D eigenvalue weighted by atomic mass is 10.2. The molecule has 0 aliphatic carbocycles. The number of halogens is 1. The van der Waals surface area contributed by atoms with Gasteiger partial charge in [0.15, 0.2) is 0 Å². The Morgan fingerprint density at radius 1 is 1.67 bits per heavy atom. The minimum absolute atomic E-state index is 0.0903. The van der Waals surface area contributed by atoms with Crippen molar-refractivity contribution in [3.63, 3.8) is 0 Å². The van der Waals surface area contributed by atoms with Crippen molar-refractivity contribution in [3.8, 4) is 5.75 Å². The Bertz CT molecular complexity index is 293. The number of hydrogen-bond acceptors (Lipinski definition) is 4. The molecule has 64 valence electrons. The quantitative estimate of drug-likeness (QED) is 0.742. The maximum Gasteiger partial charge on any atom is 0.342 e. The van der Waals surface area contributed by atoms with Crippen molar-refractivity contribution in [2.24, 2.45) is 0 Å². The van der Waals surface area contributed by atoms with Gasteiger partial charge in [0, 0.05) is 6.20 Å². The molecular formula is C7H6BrNO3. The van der Waals surface area contributed by atoms with Gasteiger partial charge in [-0.1, -0.05) is 0 Å². The van der Waals surface area contributed by atoms with E-state index in [-0.39, 0.29) is 11.3 Å². The summed E-state index contributed by atoms with van der Waals surface area (Å²) < 4.78 is 4.85. The van der Waals surface area contributed by atoms with E-state index in [1.54, 1.807) is 0 Å². The van der Waals surface area contributed by atoms with Gasteiger partial charge in [-0.05, 0) is 15.9 Å². The van der Waals surface area contributed by atoms with Crippen LogP contribution in [-0.2, 0) is 4.74 Å². The van der Waals surface area contributed by atoms with Crippen molar-refractivity contribution in [1.82, 2.24) is 4.98 Å². The van der Waals surface area contributed by atoms with Gasteiger partial charge in [-0.3, -0.25) is 4.98 Å². The molecule has 5 heteroatoms. The number of esters is 1. The van der Waals surface area contributed by atoms with Crippen molar-refractivity contribution in [3.05, 3.63) is 22.4 Å². The second-order valence-electron chi connectivity index (χ2n) is 2.01. The Morgan fingerprint density at radius 2 is 2.33 bits per heavy atom. The summed E-state index contributed by atoms with van der Waals surface area (Å²) in [6.45, 7) is 0. The van der Waals surface area contributed by atoms with Crippen LogP contribution in [0.1, 0.15) is 10.4 Å². The minimum atomic E-state index is -0.596. The third-order valence-electron chi connectivity index (χ3n) is 1.27. The molecule has 0 amide bonds. The second kappa shape index (κ2) is 3.53. The average Bonchev–Trinajstić information content (AvgIpc) is 2.03. The van der Waals surface area contributed by atoms with E-state index < -0.39 is 5.97 Å². The standard InChI is InChI=1S/C7H6BrNO3/c1-12-7(11)6-4(8)2-9-3-5(6)10/h2-3,10H,1H3. The normalized spacial score (nSPS) is 9.50. The van der Waals surface area contributed by atoms with E-state index in [1.165, 1.54) is 19.5 Å². The lowest BCUT2D eigenvalue weighted by molar-refractivity contribution is 0.0596. The van der Waals surface area contributed by atoms with E-state index >= 15 is 0 Å². The maximum absolute atomic E-state index is 11.0. The van der Waals surface area contributed by atoms with Crippen molar-refractivity contribution in [2.75, 3.05) is 7.11 Å². The molecule has 0 spiro atoms. The number of methoxy groups -OCH3 is 1. The van der Waals surface area contributed by atoms with E-state index in [0.717, 1.165) is 0 Å². The SMILES string of the molecule is COC(=O)c1c(O)cncc1Br. The summed E-state index contributed by atoms with van der Waals surface area (Å²) in [4.78, 5) is 14.7. The monoisotopic (exact) mass is 231 g/mol. The summed E-state index contributed by atoms with van der Waals surface area (Å²) in [6.07, 6.45) is 2.59. The zero-order valence-corrected chi connectivity index (χ0v) is 7.83. The molecule has 0 atom stereocenters. The molecule has 0 unspecified atom stereocenters. The summed E-state index contributed by atoms with van der Waals surface area (Å²) in [5, 5.41) is 9.20. The number of aromatic hydroxyl groups is 1. The smallest absolute Gasteiger partial charge is 0.342 e. The number of carbonyl (C=O) groups is 1. The highest BCUT2D eigenvalue weighted by Gasteiger charge is 2.15. The van der Waals surface area contributed by atoms with Crippen LogP contribution in [-0.4, -0.2) is 23.2 Å². The largest absolute Gasteiger partial charge is 0.505 e. The van der Waals surface area contributed by atoms with Crippen LogP contribution < -0.4 is 0 Å². The zero-order chi connectivity index (χ0) is 9.14. The van der Waals surface area contributed by atoms with Crippen LogP contribution in [0.3, 0.4) is 0 Å². The fraction of sp³-hybridized carbons (Fsp3) is 0.143. The lowest BCUT2D eigenvalue weighted by Crippen LogP contribution is -2.02. The predicted octanol–water partition coefficient (Wildman–Crippen LogP) is 1.34. The molecule has 0 saturated carbocycles. The number of ether oxygens (including phenoxy) is 1. The van der Waals surface area contributed by atoms with Gasteiger partial charge in [-0.25, -0.2) is 4.79 Å². The lowest BCUT2D eigenvalue weighted by Gasteiger charge is -2.02. The van der Waals surface area contributed by atoms with Crippen molar-refractivity contribution >= 4 is 21.9 Å². The third kappa shape index (κ3) is 1.55. The molecule has 0 fully saturated rings. The molecule has 0 saturated heterocycles. The van der Waals surface area contributed by atoms with E-state index in [0.29, 0.717) is 4.47 Å². The topological polar surface area (TPSA) is 59.4 Å². The van der Waals surface area contributed by atoms with Gasteiger partial charge in [-0.2, -0.15) is 0 Å². The summed E-state index contributed by atoms with van der Waals surface area (Å²) in [5.41, 5.74) is 0.0903. The van der Waals surface area contributed by atoms with Crippen LogP contribution in [0.2, 0.25) is 0 Å². The minimum Gasteiger partial charge on any atom is -0.505 e. The maximum atomic E-state index is 11.0. The van der Waals surface area contributed by atoms with Crippen LogP contribution in [0.5, 0.6) is 5.75 Å². The molecule has 1 heterocycles. The highest BCUT2D eigenvalue weighted by molar-refractivity contribution is 9.10. The molecule has 12 heavy (non-hydrogen) atoms. The highest BCUT2D eigenvalue weighted by atomic mass is 79.9. The van der Waals surface area contributed by atoms with Crippen LogP contribution in [0.15, 0.2) is 16.9 Å². The number of rotatable bonds is 1. The van der Waals surface area contributed by atoms with Crippen molar-refractivity contribution in [1.29, 1.82) is 0 Å². The molecule has 1 rings (SSSR count). The first-order valence-electron chi connectivity index (χ1n) is 3.07. The number of hydrogen-bond donors (Lipinski definition) is 1. The summed E-state index contributed by atoms with van der Waals surface area (Å²) in [6, 6.07) is 0. The Balaban J connectivity index is 3.21. The molecule has 0 radical (unpaired) electrons. The first-order valence-corrected chi connectivity index (χ1v) is 3.87. The van der Waals surface area contributed by atoms with Gasteiger partial charge in [0.2, 0.25) is 0 Å². The first-order chi connectivity index (χ1) is 5.66. The molecule has 0 aliphatic heterocycles. The van der Waals surface area contributed by atoms with E-state index in [4.69, 9.17) is 0 Å². The molecule has 1 N–H and O–H groups in total.